The molecule has 7 aromatic carbocycles. The van der Waals surface area contributed by atoms with Gasteiger partial charge in [-0.1, -0.05) is 115 Å². The predicted molar refractivity (Wildman–Crippen MR) is 210 cm³/mol. The van der Waals surface area contributed by atoms with Crippen molar-refractivity contribution in [2.45, 2.75) is 0 Å². The Labute approximate surface area is 305 Å². The van der Waals surface area contributed by atoms with Crippen molar-refractivity contribution in [3.8, 4) is 79.7 Å². The number of fused-ring (bicyclic) bond motifs is 3. The van der Waals surface area contributed by atoms with Crippen LogP contribution >= 0.6 is 0 Å². The van der Waals surface area contributed by atoms with E-state index in [4.69, 9.17) is 19.4 Å². The van der Waals surface area contributed by atoms with Crippen LogP contribution in [0.1, 0.15) is 11.1 Å². The van der Waals surface area contributed by atoms with Gasteiger partial charge >= 0.3 is 0 Å². The van der Waals surface area contributed by atoms with Crippen molar-refractivity contribution < 1.29 is 4.42 Å². The summed E-state index contributed by atoms with van der Waals surface area (Å²) in [5.74, 6) is 1.79. The first kappa shape index (κ1) is 31.3. The van der Waals surface area contributed by atoms with E-state index in [0.29, 0.717) is 28.6 Å². The molecule has 246 valence electrons. The molecule has 0 spiro atoms. The second kappa shape index (κ2) is 13.2. The van der Waals surface area contributed by atoms with Crippen molar-refractivity contribution in [1.82, 2.24) is 15.0 Å². The van der Waals surface area contributed by atoms with Gasteiger partial charge in [-0.3, -0.25) is 0 Å². The fraction of sp³-hybridized carbons (Fsp3) is 0. The molecule has 0 aliphatic heterocycles. The average molecular weight is 679 g/mol. The van der Waals surface area contributed by atoms with Gasteiger partial charge in [0.15, 0.2) is 17.5 Å². The molecule has 6 heteroatoms. The van der Waals surface area contributed by atoms with Gasteiger partial charge in [-0.15, -0.1) is 0 Å². The first-order chi connectivity index (χ1) is 26.1. The molecule has 9 aromatic rings. The maximum absolute atomic E-state index is 9.73. The van der Waals surface area contributed by atoms with E-state index in [1.165, 1.54) is 0 Å². The lowest BCUT2D eigenvalue weighted by Gasteiger charge is -2.10. The van der Waals surface area contributed by atoms with Crippen LogP contribution in [-0.2, 0) is 0 Å². The van der Waals surface area contributed by atoms with Gasteiger partial charge in [-0.2, -0.15) is 10.5 Å². The minimum absolute atomic E-state index is 0.574. The number of rotatable bonds is 6. The molecule has 2 aromatic heterocycles. The third-order valence-corrected chi connectivity index (χ3v) is 9.41. The fourth-order valence-corrected chi connectivity index (χ4v) is 6.90. The summed E-state index contributed by atoms with van der Waals surface area (Å²) < 4.78 is 5.20. The molecule has 0 fully saturated rings. The highest BCUT2D eigenvalue weighted by Crippen LogP contribution is 2.43. The van der Waals surface area contributed by atoms with Crippen molar-refractivity contribution in [3.63, 3.8) is 0 Å². The van der Waals surface area contributed by atoms with Gasteiger partial charge in [0, 0.05) is 22.8 Å². The molecule has 0 unspecified atom stereocenters. The molecular formula is C47H28N5O+. The van der Waals surface area contributed by atoms with E-state index in [0.717, 1.165) is 72.0 Å². The number of furan rings is 1. The van der Waals surface area contributed by atoms with Gasteiger partial charge in [0.2, 0.25) is 0 Å². The molecule has 0 aliphatic rings. The van der Waals surface area contributed by atoms with E-state index in [1.807, 2.05) is 127 Å². The average Bonchev–Trinajstić information content (AvgIpc) is 3.63. The van der Waals surface area contributed by atoms with Crippen molar-refractivity contribution >= 4 is 21.9 Å². The molecule has 0 saturated heterocycles. The fourth-order valence-electron chi connectivity index (χ4n) is 6.90. The standard InChI is InChI=1S/C47H27N5O/c48-28-30-11-7-17-34(23-30)38-26-40(35-18-8-12-31(24-35)29-49)44-41(27-38)43-39(21-10-22-42(43)53-44)36-19-9-20-37(25-36)47-51-45(32-13-3-1-4-14-32)50-46(52-47)33-15-5-2-6-16-33/h1-27H/p+1. The summed E-state index contributed by atoms with van der Waals surface area (Å²) in [5.41, 5.74) is 11.3. The Morgan fingerprint density at radius 1 is 0.396 bits per heavy atom. The van der Waals surface area contributed by atoms with E-state index in [9.17, 15) is 10.5 Å². The number of hydrogen-bond donors (Lipinski definition) is 0. The van der Waals surface area contributed by atoms with Crippen molar-refractivity contribution in [2.24, 2.45) is 0 Å². The van der Waals surface area contributed by atoms with Gasteiger partial charge in [0.05, 0.1) is 39.6 Å². The molecule has 0 aliphatic carbocycles. The molecule has 0 atom stereocenters. The summed E-state index contributed by atoms with van der Waals surface area (Å²) in [6.45, 7) is 0. The second-order valence-electron chi connectivity index (χ2n) is 12.7. The predicted octanol–water partition coefficient (Wildman–Crippen LogP) is 11.6. The summed E-state index contributed by atoms with van der Waals surface area (Å²) in [4.78, 5) is 14.8. The monoisotopic (exact) mass is 678 g/mol. The maximum Gasteiger partial charge on any atom is 0.277 e. The summed E-state index contributed by atoms with van der Waals surface area (Å²) in [6.07, 6.45) is 0. The van der Waals surface area contributed by atoms with Crippen molar-refractivity contribution in [3.05, 3.63) is 175 Å². The zero-order chi connectivity index (χ0) is 35.7. The maximum atomic E-state index is 9.73. The van der Waals surface area contributed by atoms with Crippen LogP contribution in [0.25, 0.3) is 89.5 Å². The Kier molecular flexibility index (Phi) is 7.82. The summed E-state index contributed by atoms with van der Waals surface area (Å²) in [7, 11) is 0. The zero-order valence-corrected chi connectivity index (χ0v) is 28.3. The highest BCUT2D eigenvalue weighted by Gasteiger charge is 2.23. The largest absolute Gasteiger partial charge is 0.545 e. The van der Waals surface area contributed by atoms with Crippen LogP contribution in [0, 0.1) is 22.7 Å². The molecular weight excluding hydrogens is 651 g/mol. The molecule has 0 saturated carbocycles. The van der Waals surface area contributed by atoms with Gasteiger partial charge in [0.25, 0.3) is 11.2 Å². The van der Waals surface area contributed by atoms with Crippen LogP contribution in [0.4, 0.5) is 0 Å². The zero-order valence-electron chi connectivity index (χ0n) is 28.3. The Hall–Kier alpha value is -7.67. The molecule has 53 heavy (non-hydrogen) atoms. The lowest BCUT2D eigenvalue weighted by atomic mass is 9.92. The number of nitriles is 2. The SMILES string of the molecule is N#Cc1cccc(-c2cc(-c3cccc(C#N)c3)c3[oH+]c4cccc(-c5cccc(-c6nc(-c7ccccc7)nc(-c7ccccc7)n6)c5)c4c3c2)c1. The van der Waals surface area contributed by atoms with E-state index in [2.05, 4.69) is 42.5 Å². The molecule has 0 radical (unpaired) electrons. The van der Waals surface area contributed by atoms with Crippen LogP contribution in [0.5, 0.6) is 0 Å². The van der Waals surface area contributed by atoms with Gasteiger partial charge in [-0.05, 0) is 70.3 Å². The minimum atomic E-state index is 0.574. The number of aromatic nitrogens is 3. The third-order valence-electron chi connectivity index (χ3n) is 9.41. The smallest absolute Gasteiger partial charge is 0.277 e. The Bertz CT molecular complexity index is 2860. The topological polar surface area (TPSA) is 99.0 Å². The molecule has 2 heterocycles. The number of hydrogen-bond acceptors (Lipinski definition) is 5. The van der Waals surface area contributed by atoms with E-state index < -0.39 is 0 Å². The normalized spacial score (nSPS) is 11.0. The Morgan fingerprint density at radius 2 is 0.906 bits per heavy atom. The van der Waals surface area contributed by atoms with Crippen LogP contribution < -0.4 is 0 Å². The quantitative estimate of drug-likeness (QED) is 0.163. The van der Waals surface area contributed by atoms with Crippen LogP contribution in [0.15, 0.2) is 168 Å². The Balaban J connectivity index is 1.25. The van der Waals surface area contributed by atoms with Crippen LogP contribution in [0.2, 0.25) is 0 Å². The highest BCUT2D eigenvalue weighted by molar-refractivity contribution is 6.16. The van der Waals surface area contributed by atoms with Gasteiger partial charge < -0.3 is 4.42 Å². The summed E-state index contributed by atoms with van der Waals surface area (Å²) >= 11 is 0. The molecule has 0 bridgehead atoms. The van der Waals surface area contributed by atoms with Crippen molar-refractivity contribution in [1.29, 1.82) is 10.5 Å². The van der Waals surface area contributed by atoms with Crippen LogP contribution in [-0.4, -0.2) is 15.0 Å². The van der Waals surface area contributed by atoms with Crippen LogP contribution in [0.3, 0.4) is 0 Å². The van der Waals surface area contributed by atoms with E-state index in [1.54, 1.807) is 6.07 Å². The third kappa shape index (κ3) is 5.87. The highest BCUT2D eigenvalue weighted by atomic mass is 16.3. The molecule has 1 N–H and O–H groups in total. The Morgan fingerprint density at radius 3 is 1.55 bits per heavy atom. The molecule has 6 nitrogen and oxygen atoms in total. The lowest BCUT2D eigenvalue weighted by molar-refractivity contribution is 0.670. The number of nitrogens with zero attached hydrogens (tertiary/aromatic N) is 5. The summed E-state index contributed by atoms with van der Waals surface area (Å²) in [5, 5.41) is 21.4. The minimum Gasteiger partial charge on any atom is -0.545 e. The molecule has 0 amide bonds. The first-order valence-electron chi connectivity index (χ1n) is 17.2. The van der Waals surface area contributed by atoms with Gasteiger partial charge in [-0.25, -0.2) is 15.0 Å². The second-order valence-corrected chi connectivity index (χ2v) is 12.7. The molecule has 9 rings (SSSR count). The first-order valence-corrected chi connectivity index (χ1v) is 17.2. The summed E-state index contributed by atoms with van der Waals surface area (Å²) in [6, 6.07) is 58.5. The lowest BCUT2D eigenvalue weighted by Crippen LogP contribution is -2.00. The van der Waals surface area contributed by atoms with E-state index in [-0.39, 0.29) is 0 Å². The number of benzene rings is 7. The van der Waals surface area contributed by atoms with Gasteiger partial charge in [0.1, 0.15) is 0 Å². The van der Waals surface area contributed by atoms with Crippen molar-refractivity contribution in [2.75, 3.05) is 0 Å². The van der Waals surface area contributed by atoms with E-state index >= 15 is 0 Å².